The summed E-state index contributed by atoms with van der Waals surface area (Å²) < 4.78 is 8.00. The van der Waals surface area contributed by atoms with Gasteiger partial charge in [-0.3, -0.25) is 10.5 Å². The van der Waals surface area contributed by atoms with E-state index in [4.69, 9.17) is 22.2 Å². The minimum absolute atomic E-state index is 0.197. The maximum absolute atomic E-state index is 6.27. The zero-order valence-corrected chi connectivity index (χ0v) is 14.3. The Hall–Kier alpha value is -0.440. The molecule has 5 nitrogen and oxygen atoms in total. The minimum Gasteiger partial charge on any atom is -0.383 e. The molecule has 0 bridgehead atoms. The van der Waals surface area contributed by atoms with Crippen molar-refractivity contribution >= 4 is 38.9 Å². The first kappa shape index (κ1) is 15.9. The van der Waals surface area contributed by atoms with Crippen LogP contribution in [0.1, 0.15) is 22.2 Å². The number of nitrogens with zero attached hydrogens (tertiary/aromatic N) is 2. The highest BCUT2D eigenvalue weighted by Crippen LogP contribution is 2.36. The highest BCUT2D eigenvalue weighted by molar-refractivity contribution is 9.11. The highest BCUT2D eigenvalue weighted by atomic mass is 79.9. The van der Waals surface area contributed by atoms with E-state index in [1.807, 2.05) is 11.6 Å². The van der Waals surface area contributed by atoms with E-state index >= 15 is 0 Å². The van der Waals surface area contributed by atoms with Crippen molar-refractivity contribution in [1.29, 1.82) is 0 Å². The highest BCUT2D eigenvalue weighted by Gasteiger charge is 2.23. The molecule has 0 aliphatic heterocycles. The Labute approximate surface area is 135 Å². The average Bonchev–Trinajstić information content (AvgIpc) is 2.94. The van der Waals surface area contributed by atoms with Gasteiger partial charge >= 0.3 is 0 Å². The Kier molecular flexibility index (Phi) is 5.59. The summed E-state index contributed by atoms with van der Waals surface area (Å²) >= 11 is 11.4. The van der Waals surface area contributed by atoms with Crippen LogP contribution in [0.4, 0.5) is 0 Å². The molecular weight excluding hydrogens is 364 g/mol. The average molecular weight is 380 g/mol. The SMILES string of the molecule is COCCn1ncc(Cl)c1C(NN)c1cc(C)c(Br)s1. The van der Waals surface area contributed by atoms with E-state index in [-0.39, 0.29) is 6.04 Å². The third-order valence-electron chi connectivity index (χ3n) is 2.94. The van der Waals surface area contributed by atoms with Gasteiger partial charge in [-0.1, -0.05) is 11.6 Å². The molecule has 2 heterocycles. The Morgan fingerprint density at radius 1 is 1.65 bits per heavy atom. The largest absolute Gasteiger partial charge is 0.383 e. The number of hydrazine groups is 1. The first-order valence-electron chi connectivity index (χ1n) is 6.00. The smallest absolute Gasteiger partial charge is 0.0985 e. The molecular formula is C12H16BrClN4OS. The number of rotatable bonds is 6. The van der Waals surface area contributed by atoms with Gasteiger partial charge in [-0.25, -0.2) is 5.43 Å². The van der Waals surface area contributed by atoms with Crippen molar-refractivity contribution < 1.29 is 4.74 Å². The lowest BCUT2D eigenvalue weighted by molar-refractivity contribution is 0.182. The second kappa shape index (κ2) is 7.02. The van der Waals surface area contributed by atoms with Crippen LogP contribution in [-0.2, 0) is 11.3 Å². The lowest BCUT2D eigenvalue weighted by atomic mass is 10.1. The van der Waals surface area contributed by atoms with Crippen LogP contribution >= 0.6 is 38.9 Å². The number of halogens is 2. The van der Waals surface area contributed by atoms with Gasteiger partial charge in [0.1, 0.15) is 0 Å². The molecule has 110 valence electrons. The predicted octanol–water partition coefficient (Wildman–Crippen LogP) is 2.87. The van der Waals surface area contributed by atoms with Crippen molar-refractivity contribution in [3.63, 3.8) is 0 Å². The molecule has 2 aromatic rings. The lowest BCUT2D eigenvalue weighted by Crippen LogP contribution is -2.30. The lowest BCUT2D eigenvalue weighted by Gasteiger charge is -2.17. The van der Waals surface area contributed by atoms with Crippen LogP contribution in [0.5, 0.6) is 0 Å². The molecule has 0 aromatic carbocycles. The van der Waals surface area contributed by atoms with Crippen molar-refractivity contribution in [2.24, 2.45) is 5.84 Å². The molecule has 0 spiro atoms. The van der Waals surface area contributed by atoms with Gasteiger partial charge in [0.25, 0.3) is 0 Å². The van der Waals surface area contributed by atoms with Crippen molar-refractivity contribution in [2.75, 3.05) is 13.7 Å². The zero-order chi connectivity index (χ0) is 14.7. The van der Waals surface area contributed by atoms with E-state index in [1.165, 1.54) is 5.56 Å². The number of hydrogen-bond acceptors (Lipinski definition) is 5. The van der Waals surface area contributed by atoms with E-state index in [1.54, 1.807) is 24.6 Å². The number of methoxy groups -OCH3 is 1. The number of aryl methyl sites for hydroxylation is 1. The van der Waals surface area contributed by atoms with Gasteiger partial charge in [-0.2, -0.15) is 5.10 Å². The molecule has 2 rings (SSSR count). The van der Waals surface area contributed by atoms with Crippen molar-refractivity contribution in [3.05, 3.63) is 37.2 Å². The second-order valence-corrected chi connectivity index (χ2v) is 7.11. The Bertz CT molecular complexity index is 567. The molecule has 3 N–H and O–H groups in total. The zero-order valence-electron chi connectivity index (χ0n) is 11.2. The first-order valence-corrected chi connectivity index (χ1v) is 7.99. The maximum atomic E-state index is 6.27. The summed E-state index contributed by atoms with van der Waals surface area (Å²) in [5.41, 5.74) is 4.84. The fourth-order valence-electron chi connectivity index (χ4n) is 1.94. The Morgan fingerprint density at radius 3 is 2.95 bits per heavy atom. The number of aromatic nitrogens is 2. The molecule has 1 unspecified atom stereocenters. The van der Waals surface area contributed by atoms with E-state index in [9.17, 15) is 0 Å². The number of thiophene rings is 1. The Balaban J connectivity index is 2.38. The molecule has 0 saturated carbocycles. The van der Waals surface area contributed by atoms with E-state index in [0.29, 0.717) is 18.2 Å². The van der Waals surface area contributed by atoms with Crippen LogP contribution in [0.3, 0.4) is 0 Å². The van der Waals surface area contributed by atoms with E-state index in [2.05, 4.69) is 32.5 Å². The standard InChI is InChI=1S/C12H16BrClN4OS/c1-7-5-9(20-12(7)13)10(17-15)11-8(14)6-16-18(11)3-4-19-2/h5-6,10,17H,3-4,15H2,1-2H3. The molecule has 0 aliphatic carbocycles. The van der Waals surface area contributed by atoms with Gasteiger partial charge in [-0.15, -0.1) is 11.3 Å². The van der Waals surface area contributed by atoms with Gasteiger partial charge in [-0.05, 0) is 34.5 Å². The second-order valence-electron chi connectivity index (χ2n) is 4.30. The quantitative estimate of drug-likeness (QED) is 0.598. The van der Waals surface area contributed by atoms with Crippen LogP contribution in [-0.4, -0.2) is 23.5 Å². The van der Waals surface area contributed by atoms with Crippen molar-refractivity contribution in [1.82, 2.24) is 15.2 Å². The van der Waals surface area contributed by atoms with E-state index in [0.717, 1.165) is 14.4 Å². The summed E-state index contributed by atoms with van der Waals surface area (Å²) in [6, 6.07) is 1.89. The molecule has 20 heavy (non-hydrogen) atoms. The molecule has 0 aliphatic rings. The topological polar surface area (TPSA) is 65.1 Å². The monoisotopic (exact) mass is 378 g/mol. The minimum atomic E-state index is -0.197. The van der Waals surface area contributed by atoms with E-state index < -0.39 is 0 Å². The first-order chi connectivity index (χ1) is 9.58. The summed E-state index contributed by atoms with van der Waals surface area (Å²) in [7, 11) is 1.66. The predicted molar refractivity (Wildman–Crippen MR) is 85.0 cm³/mol. The molecule has 8 heteroatoms. The van der Waals surface area contributed by atoms with Crippen LogP contribution in [0.15, 0.2) is 16.0 Å². The molecule has 0 saturated heterocycles. The van der Waals surface area contributed by atoms with Crippen molar-refractivity contribution in [3.8, 4) is 0 Å². The third kappa shape index (κ3) is 3.24. The van der Waals surface area contributed by atoms with Crippen LogP contribution in [0.25, 0.3) is 0 Å². The molecule has 2 aromatic heterocycles. The van der Waals surface area contributed by atoms with Crippen LogP contribution < -0.4 is 11.3 Å². The summed E-state index contributed by atoms with van der Waals surface area (Å²) in [5.74, 6) is 5.73. The third-order valence-corrected chi connectivity index (χ3v) is 5.43. The van der Waals surface area contributed by atoms with Crippen LogP contribution in [0.2, 0.25) is 5.02 Å². The van der Waals surface area contributed by atoms with Gasteiger partial charge in [0.05, 0.1) is 39.9 Å². The molecule has 0 fully saturated rings. The number of nitrogens with one attached hydrogen (secondary N) is 1. The fourth-order valence-corrected chi connectivity index (χ4v) is 3.82. The summed E-state index contributed by atoms with van der Waals surface area (Å²) in [5, 5.41) is 4.87. The maximum Gasteiger partial charge on any atom is 0.0985 e. The van der Waals surface area contributed by atoms with Gasteiger partial charge in [0, 0.05) is 12.0 Å². The number of nitrogens with two attached hydrogens (primary N) is 1. The van der Waals surface area contributed by atoms with Gasteiger partial charge in [0.2, 0.25) is 0 Å². The molecule has 1 atom stereocenters. The van der Waals surface area contributed by atoms with Crippen LogP contribution in [0, 0.1) is 6.92 Å². The molecule has 0 amide bonds. The summed E-state index contributed by atoms with van der Waals surface area (Å²) in [4.78, 5) is 1.08. The normalized spacial score (nSPS) is 12.8. The van der Waals surface area contributed by atoms with Gasteiger partial charge in [0.15, 0.2) is 0 Å². The number of hydrogen-bond donors (Lipinski definition) is 2. The Morgan fingerprint density at radius 2 is 2.40 bits per heavy atom. The van der Waals surface area contributed by atoms with Gasteiger partial charge < -0.3 is 4.74 Å². The summed E-state index contributed by atoms with van der Waals surface area (Å²) in [6.45, 7) is 3.24. The van der Waals surface area contributed by atoms with Crippen molar-refractivity contribution in [2.45, 2.75) is 19.5 Å². The number of ether oxygens (including phenoxy) is 1. The molecule has 0 radical (unpaired) electrons. The summed E-state index contributed by atoms with van der Waals surface area (Å²) in [6.07, 6.45) is 1.63. The fraction of sp³-hybridized carbons (Fsp3) is 0.417.